The maximum Gasteiger partial charge on any atom is 0.413 e. The third kappa shape index (κ3) is 26.3. The molecule has 15 atom stereocenters. The second-order valence-electron chi connectivity index (χ2n) is 37.7. The van der Waals surface area contributed by atoms with Gasteiger partial charge in [0.15, 0.2) is 25.8 Å². The van der Waals surface area contributed by atoms with Crippen LogP contribution in [0.5, 0.6) is 0 Å². The first kappa shape index (κ1) is 109. The number of non-ortho nitro benzene ring substituents is 3. The third-order valence-electron chi connectivity index (χ3n) is 24.0. The van der Waals surface area contributed by atoms with Gasteiger partial charge in [0.2, 0.25) is 0 Å². The fraction of sp³-hybridized carbons (Fsp3) is 0.567. The predicted octanol–water partition coefficient (Wildman–Crippen LogP) is 15.5. The Balaban J connectivity index is 0.000000167. The molecule has 760 valence electrons. The van der Waals surface area contributed by atoms with Crippen molar-refractivity contribution in [1.29, 1.82) is 0 Å². The molecule has 5 fully saturated rings. The van der Waals surface area contributed by atoms with Crippen molar-refractivity contribution in [2.24, 2.45) is 60.3 Å². The van der Waals surface area contributed by atoms with E-state index in [4.69, 9.17) is 69.8 Å². The molecule has 0 aromatic heterocycles. The standard InChI is InChI=1S/C19H23F2N3O5S.2C19H25F2N3O3S.C19H24FN3O6S.C14H16FN3O4S/c1-18(2,3)29-17(25)22-16-23-19(6-7-28-15(9-20)13(19)10-30-16)12-8-11(24(26)27)4-5-14(12)21;2*1-18(2,3)27-17(25)23-16-24-19(12-8-11(22)4-5-14(12)21)6-7-26-15(9-20)13(19)10-28-16;1-18(2,3)29-17(25)21-16-22-19(6-7-28-15(9-24)13(19)10-30-16)12-8-11(23(26)27)4-5-14(12)20;15-11-2-1-8(18(20)21)5-9(11)14-3-4-22-12(6-19)10(14)7-23-13(16)17-14/h4-5,8,13,15H,6-7,9-10H2,1-3H3,(H,22,23,25);2*4-5,8,13,15H,6-7,9-10,22H2,1-3H3,(H,23,24,25);4-5,8,13,15,24H,6-7,9-10H2,1-3H3,(H,21,22,25);1-2,5,10,12,19H,3-4,6-7H2,(H2,16,17)/t4*13-,15-,19-;10-,12-,14-/m11111/s1. The van der Waals surface area contributed by atoms with E-state index in [0.717, 1.165) is 42.5 Å². The van der Waals surface area contributed by atoms with Crippen LogP contribution >= 0.6 is 58.8 Å². The van der Waals surface area contributed by atoms with E-state index in [1.807, 2.05) is 0 Å². The first-order valence-corrected chi connectivity index (χ1v) is 49.1. The molecule has 4 amide bonds. The number of anilines is 2. The zero-order valence-corrected chi connectivity index (χ0v) is 82.2. The number of nitrogens with zero attached hydrogens (tertiary/aromatic N) is 8. The van der Waals surface area contributed by atoms with Gasteiger partial charge < -0.3 is 70.0 Å². The number of aliphatic hydroxyl groups is 2. The monoisotopic (exact) mass is 2050 g/mol. The molecule has 49 heteroatoms. The lowest BCUT2D eigenvalue weighted by Crippen LogP contribution is -2.53. The fourth-order valence-electron chi connectivity index (χ4n) is 18.0. The number of carbonyl (C=O) groups is 4. The molecule has 5 aromatic rings. The fourth-order valence-corrected chi connectivity index (χ4v) is 23.9. The molecule has 12 N–H and O–H groups in total. The molecule has 15 rings (SSSR count). The third-order valence-corrected chi connectivity index (χ3v) is 28.8. The van der Waals surface area contributed by atoms with Crippen LogP contribution in [-0.2, 0) is 70.3 Å². The number of alkyl halides is 3. The summed E-state index contributed by atoms with van der Waals surface area (Å²) in [6.07, 6.45) is -4.58. The van der Waals surface area contributed by atoms with Gasteiger partial charge >= 0.3 is 24.4 Å². The summed E-state index contributed by atoms with van der Waals surface area (Å²) in [6, 6.07) is 18.5. The van der Waals surface area contributed by atoms with E-state index in [2.05, 4.69) is 36.2 Å². The minimum Gasteiger partial charge on any atom is -0.444 e. The summed E-state index contributed by atoms with van der Waals surface area (Å²) in [6.45, 7) is 19.1. The Morgan fingerprint density at radius 2 is 0.590 bits per heavy atom. The highest BCUT2D eigenvalue weighted by Crippen LogP contribution is 2.56. The van der Waals surface area contributed by atoms with E-state index < -0.39 is 193 Å². The van der Waals surface area contributed by atoms with E-state index in [9.17, 15) is 94.9 Å². The van der Waals surface area contributed by atoms with Gasteiger partial charge in [-0.1, -0.05) is 58.8 Å². The molecule has 10 heterocycles. The quantitative estimate of drug-likeness (QED) is 0.0174. The van der Waals surface area contributed by atoms with Crippen molar-refractivity contribution in [3.8, 4) is 0 Å². The van der Waals surface area contributed by atoms with Crippen molar-refractivity contribution in [2.45, 2.75) is 196 Å². The van der Waals surface area contributed by atoms with E-state index in [1.54, 1.807) is 83.1 Å². The molecule has 0 aliphatic carbocycles. The topological polar surface area (TPSA) is 509 Å². The number of nitro benzene ring substituents is 3. The molecule has 0 bridgehead atoms. The SMILES string of the molecule is CC(C)(C)OC(=O)NC1=N[C@@]2(c3cc(N)ccc3F)CCO[C@H](CF)[C@H]2CS1.CC(C)(C)OC(=O)NC1=N[C@@]2(c3cc(N)ccc3F)CCO[C@H](CF)[C@H]2CS1.CC(C)(C)OC(=O)NC1=N[C@@]2(c3cc([N+](=O)[O-])ccc3F)CCO[C@H](CF)[C@H]2CS1.CC(C)(C)OC(=O)NC1=N[C@@]2(c3cc([N+](=O)[O-])ccc3F)CCO[C@H](CO)[C@H]2CS1.NC1=N[C@@]2(c3cc([N+](=O)[O-])ccc3F)CCO[C@H](CO)[C@H]2CS1. The number of nitrogen functional groups attached to an aromatic ring is 2. The van der Waals surface area contributed by atoms with Gasteiger partial charge in [-0.15, -0.1) is 0 Å². The van der Waals surface area contributed by atoms with E-state index in [-0.39, 0.29) is 115 Å². The van der Waals surface area contributed by atoms with Crippen LogP contribution in [0.2, 0.25) is 0 Å². The number of rotatable bonds is 13. The molecule has 139 heavy (non-hydrogen) atoms. The summed E-state index contributed by atoms with van der Waals surface area (Å²) >= 11 is 6.23. The van der Waals surface area contributed by atoms with Gasteiger partial charge in [-0.2, -0.15) is 0 Å². The highest BCUT2D eigenvalue weighted by molar-refractivity contribution is 8.15. The maximum absolute atomic E-state index is 14.9. The van der Waals surface area contributed by atoms with Gasteiger partial charge in [-0.25, -0.2) is 54.3 Å². The van der Waals surface area contributed by atoms with Crippen molar-refractivity contribution in [3.63, 3.8) is 0 Å². The van der Waals surface area contributed by atoms with Crippen molar-refractivity contribution in [2.75, 3.05) is 107 Å². The Morgan fingerprint density at radius 1 is 0.374 bits per heavy atom. The number of ether oxygens (including phenoxy) is 9. The lowest BCUT2D eigenvalue weighted by molar-refractivity contribution is -0.385. The van der Waals surface area contributed by atoms with E-state index >= 15 is 0 Å². The van der Waals surface area contributed by atoms with Crippen molar-refractivity contribution in [1.82, 2.24) is 21.3 Å². The van der Waals surface area contributed by atoms with Gasteiger partial charge in [0.05, 0.1) is 86.2 Å². The van der Waals surface area contributed by atoms with Crippen molar-refractivity contribution < 1.29 is 122 Å². The number of carbonyl (C=O) groups excluding carboxylic acids is 4. The Kier molecular flexibility index (Phi) is 35.8. The Labute approximate surface area is 816 Å². The molecule has 10 aliphatic heterocycles. The number of hydrogen-bond donors (Lipinski definition) is 9. The maximum atomic E-state index is 14.9. The first-order chi connectivity index (χ1) is 65.4. The molecular weight excluding hydrogens is 1940 g/mol. The van der Waals surface area contributed by atoms with Crippen LogP contribution < -0.4 is 38.5 Å². The number of fused-ring (bicyclic) bond motifs is 5. The number of thioether (sulfide) groups is 5. The van der Waals surface area contributed by atoms with Crippen LogP contribution in [0.25, 0.3) is 0 Å². The van der Waals surface area contributed by atoms with Crippen LogP contribution in [0.3, 0.4) is 0 Å². The smallest absolute Gasteiger partial charge is 0.413 e. The largest absolute Gasteiger partial charge is 0.444 e. The van der Waals surface area contributed by atoms with Gasteiger partial charge in [0.25, 0.3) is 17.1 Å². The summed E-state index contributed by atoms with van der Waals surface area (Å²) in [5, 5.41) is 64.6. The molecule has 0 saturated carbocycles. The molecule has 0 unspecified atom stereocenters. The number of halogens is 8. The second-order valence-corrected chi connectivity index (χ2v) is 42.8. The Bertz CT molecular complexity index is 5240. The summed E-state index contributed by atoms with van der Waals surface area (Å²) in [5.41, 5.74) is 9.95. The average molecular weight is 2050 g/mol. The number of alkyl carbamates (subject to hydrolysis) is 4. The molecule has 0 spiro atoms. The zero-order chi connectivity index (χ0) is 102. The van der Waals surface area contributed by atoms with Crippen molar-refractivity contribution >= 4 is 137 Å². The lowest BCUT2D eigenvalue weighted by Gasteiger charge is -2.47. The van der Waals surface area contributed by atoms with Gasteiger partial charge in [-0.3, -0.25) is 76.6 Å². The average Bonchev–Trinajstić information content (AvgIpc) is 0.727. The molecular formula is C90H113F8N15O21S5. The molecule has 36 nitrogen and oxygen atoms in total. The number of nitrogens with one attached hydrogen (secondary N) is 4. The van der Waals surface area contributed by atoms with Crippen LogP contribution in [0.1, 0.15) is 143 Å². The van der Waals surface area contributed by atoms with Gasteiger partial charge in [0, 0.05) is 199 Å². The lowest BCUT2D eigenvalue weighted by atomic mass is 9.72. The normalized spacial score (nSPS) is 27.5. The molecule has 5 aromatic carbocycles. The number of amides is 4. The van der Waals surface area contributed by atoms with E-state index in [0.29, 0.717) is 80.3 Å². The van der Waals surface area contributed by atoms with Crippen LogP contribution in [0.15, 0.2) is 116 Å². The Hall–Kier alpha value is -9.96. The van der Waals surface area contributed by atoms with Gasteiger partial charge in [-0.05, 0) is 138 Å². The Morgan fingerprint density at radius 3 is 0.820 bits per heavy atom. The molecule has 5 saturated heterocycles. The highest BCUT2D eigenvalue weighted by atomic mass is 32.2. The molecule has 10 aliphatic rings. The van der Waals surface area contributed by atoms with Crippen LogP contribution in [0.4, 0.5) is 82.7 Å². The summed E-state index contributed by atoms with van der Waals surface area (Å²) < 4.78 is 164. The number of aliphatic imine (C=N–C) groups is 5. The number of aliphatic hydroxyl groups excluding tert-OH is 2. The number of amidine groups is 5. The summed E-state index contributed by atoms with van der Waals surface area (Å²) in [5.74, 6) is -2.95. The summed E-state index contributed by atoms with van der Waals surface area (Å²) in [4.78, 5) is 104. The number of hydrogen-bond acceptors (Lipinski definition) is 34. The van der Waals surface area contributed by atoms with Crippen molar-refractivity contribution in [3.05, 3.63) is 178 Å². The zero-order valence-electron chi connectivity index (χ0n) is 78.1. The highest BCUT2D eigenvalue weighted by Gasteiger charge is 2.58. The van der Waals surface area contributed by atoms with Gasteiger partial charge in [0.1, 0.15) is 71.5 Å². The minimum absolute atomic E-state index is 0.00719. The van der Waals surface area contributed by atoms with Crippen LogP contribution in [-0.4, -0.2) is 223 Å². The van der Waals surface area contributed by atoms with E-state index in [1.165, 1.54) is 107 Å². The predicted molar refractivity (Wildman–Crippen MR) is 512 cm³/mol. The summed E-state index contributed by atoms with van der Waals surface area (Å²) in [7, 11) is 0. The first-order valence-electron chi connectivity index (χ1n) is 44.2. The van der Waals surface area contributed by atoms with Crippen LogP contribution in [0, 0.1) is 89.0 Å². The minimum atomic E-state index is -1.30. The number of nitro groups is 3. The number of benzene rings is 5. The second kappa shape index (κ2) is 45.5. The number of nitrogens with two attached hydrogens (primary N) is 3. The molecule has 0 radical (unpaired) electrons.